The van der Waals surface area contributed by atoms with Crippen LogP contribution in [0.1, 0.15) is 13.8 Å². The minimum Gasteiger partial charge on any atom is -0.392 e. The summed E-state index contributed by atoms with van der Waals surface area (Å²) >= 11 is 4.97. The smallest absolute Gasteiger partial charge is 0.392 e. The molecular weight excluding hydrogens is 251 g/mol. The number of thiocarbonyl (C=S) groups is 1. The lowest BCUT2D eigenvalue weighted by Crippen LogP contribution is -2.59. The maximum Gasteiger partial charge on any atom is 0.401 e. The molecule has 0 unspecified atom stereocenters. The molecule has 7 heteroatoms. The molecule has 2 N–H and O–H groups in total. The van der Waals surface area contributed by atoms with Gasteiger partial charge in [0.2, 0.25) is 0 Å². The van der Waals surface area contributed by atoms with Gasteiger partial charge in [-0.15, -0.1) is 0 Å². The molecule has 1 rings (SSSR count). The van der Waals surface area contributed by atoms with Gasteiger partial charge in [0.05, 0.1) is 17.1 Å². The average Bonchev–Trinajstić information content (AvgIpc) is 2.15. The molecule has 100 valence electrons. The molecule has 0 aromatic heterocycles. The Labute approximate surface area is 105 Å². The molecule has 3 nitrogen and oxygen atoms in total. The van der Waals surface area contributed by atoms with Crippen molar-refractivity contribution in [3.05, 3.63) is 0 Å². The summed E-state index contributed by atoms with van der Waals surface area (Å²) in [5.74, 6) is 0. The van der Waals surface area contributed by atoms with Crippen LogP contribution in [-0.4, -0.2) is 59.2 Å². The highest BCUT2D eigenvalue weighted by Crippen LogP contribution is 2.21. The van der Waals surface area contributed by atoms with Crippen molar-refractivity contribution in [2.24, 2.45) is 5.73 Å². The summed E-state index contributed by atoms with van der Waals surface area (Å²) in [5, 5.41) is 0. The van der Waals surface area contributed by atoms with Gasteiger partial charge in [0.15, 0.2) is 0 Å². The van der Waals surface area contributed by atoms with Gasteiger partial charge in [0.1, 0.15) is 0 Å². The van der Waals surface area contributed by atoms with Crippen LogP contribution in [0.4, 0.5) is 13.2 Å². The lowest BCUT2D eigenvalue weighted by atomic mass is 10.0. The van der Waals surface area contributed by atoms with Crippen molar-refractivity contribution >= 4 is 17.2 Å². The number of nitrogens with two attached hydrogens (primary N) is 1. The maximum atomic E-state index is 12.2. The van der Waals surface area contributed by atoms with Crippen LogP contribution in [-0.2, 0) is 0 Å². The van der Waals surface area contributed by atoms with Crippen LogP contribution < -0.4 is 5.73 Å². The second-order valence-electron chi connectivity index (χ2n) is 4.80. The van der Waals surface area contributed by atoms with Crippen LogP contribution in [0.2, 0.25) is 0 Å². The number of halogens is 3. The van der Waals surface area contributed by atoms with E-state index in [2.05, 4.69) is 0 Å². The Hall–Kier alpha value is -0.400. The van der Waals surface area contributed by atoms with E-state index in [0.29, 0.717) is 31.2 Å². The van der Waals surface area contributed by atoms with Crippen molar-refractivity contribution in [3.63, 3.8) is 0 Å². The highest BCUT2D eigenvalue weighted by atomic mass is 32.1. The monoisotopic (exact) mass is 269 g/mol. The third-order valence-electron chi connectivity index (χ3n) is 3.17. The van der Waals surface area contributed by atoms with Gasteiger partial charge in [0, 0.05) is 26.2 Å². The Kier molecular flexibility index (Phi) is 4.38. The quantitative estimate of drug-likeness (QED) is 0.781. The molecule has 0 aromatic carbocycles. The Morgan fingerprint density at radius 2 is 1.65 bits per heavy atom. The van der Waals surface area contributed by atoms with E-state index in [9.17, 15) is 13.2 Å². The summed E-state index contributed by atoms with van der Waals surface area (Å²) in [6.45, 7) is 4.86. The van der Waals surface area contributed by atoms with Crippen LogP contribution in [0.25, 0.3) is 0 Å². The van der Waals surface area contributed by atoms with Gasteiger partial charge in [-0.05, 0) is 13.8 Å². The fourth-order valence-electron chi connectivity index (χ4n) is 1.87. The van der Waals surface area contributed by atoms with Crippen molar-refractivity contribution in [3.8, 4) is 0 Å². The predicted octanol–water partition coefficient (Wildman–Crippen LogP) is 1.23. The predicted molar refractivity (Wildman–Crippen MR) is 64.9 cm³/mol. The molecule has 0 atom stereocenters. The fourth-order valence-corrected chi connectivity index (χ4v) is 2.00. The summed E-state index contributed by atoms with van der Waals surface area (Å²) in [4.78, 5) is 3.82. The molecule has 0 radical (unpaired) electrons. The lowest BCUT2D eigenvalue weighted by molar-refractivity contribution is -0.150. The van der Waals surface area contributed by atoms with Crippen LogP contribution in [0.5, 0.6) is 0 Å². The molecule has 1 aliphatic rings. The van der Waals surface area contributed by atoms with Gasteiger partial charge in [-0.2, -0.15) is 13.2 Å². The first-order chi connectivity index (χ1) is 7.63. The van der Waals surface area contributed by atoms with Crippen molar-refractivity contribution in [1.29, 1.82) is 0 Å². The Bertz CT molecular complexity index is 283. The zero-order valence-electron chi connectivity index (χ0n) is 10.0. The third kappa shape index (κ3) is 4.08. The highest BCUT2D eigenvalue weighted by Gasteiger charge is 2.36. The van der Waals surface area contributed by atoms with Gasteiger partial charge in [-0.3, -0.25) is 9.80 Å². The van der Waals surface area contributed by atoms with E-state index in [1.807, 2.05) is 18.7 Å². The first-order valence-corrected chi connectivity index (χ1v) is 5.88. The summed E-state index contributed by atoms with van der Waals surface area (Å²) in [6.07, 6.45) is -4.12. The zero-order valence-corrected chi connectivity index (χ0v) is 10.9. The van der Waals surface area contributed by atoms with Gasteiger partial charge in [-0.1, -0.05) is 12.2 Å². The average molecular weight is 269 g/mol. The maximum absolute atomic E-state index is 12.2. The summed E-state index contributed by atoms with van der Waals surface area (Å²) in [6, 6.07) is 0. The minimum absolute atomic E-state index is 0.377. The topological polar surface area (TPSA) is 32.5 Å². The van der Waals surface area contributed by atoms with Crippen LogP contribution in [0, 0.1) is 0 Å². The van der Waals surface area contributed by atoms with Crippen molar-refractivity contribution in [1.82, 2.24) is 9.80 Å². The molecule has 1 heterocycles. The van der Waals surface area contributed by atoms with Gasteiger partial charge in [-0.25, -0.2) is 0 Å². The van der Waals surface area contributed by atoms with Crippen LogP contribution >= 0.6 is 12.2 Å². The van der Waals surface area contributed by atoms with Crippen LogP contribution in [0.3, 0.4) is 0 Å². The molecule has 1 saturated heterocycles. The number of piperazine rings is 1. The summed E-state index contributed by atoms with van der Waals surface area (Å²) in [5.41, 5.74) is 5.20. The molecular formula is C10H18F3N3S. The van der Waals surface area contributed by atoms with E-state index >= 15 is 0 Å². The number of alkyl halides is 3. The van der Waals surface area contributed by atoms with Crippen LogP contribution in [0.15, 0.2) is 0 Å². The molecule has 0 amide bonds. The lowest BCUT2D eigenvalue weighted by Gasteiger charge is -2.43. The SMILES string of the molecule is CC(C)(C(N)=S)N1CCN(CC(F)(F)F)CC1. The number of hydrogen-bond donors (Lipinski definition) is 1. The van der Waals surface area contributed by atoms with E-state index in [1.165, 1.54) is 4.90 Å². The third-order valence-corrected chi connectivity index (χ3v) is 3.67. The van der Waals surface area contributed by atoms with E-state index in [0.717, 1.165) is 0 Å². The minimum atomic E-state index is -4.12. The zero-order chi connectivity index (χ0) is 13.3. The molecule has 0 bridgehead atoms. The largest absolute Gasteiger partial charge is 0.401 e. The number of rotatable bonds is 3. The Morgan fingerprint density at radius 1 is 1.18 bits per heavy atom. The van der Waals surface area contributed by atoms with Crippen molar-refractivity contribution in [2.45, 2.75) is 25.6 Å². The van der Waals surface area contributed by atoms with Gasteiger partial charge in [0.25, 0.3) is 0 Å². The summed E-state index contributed by atoms with van der Waals surface area (Å²) in [7, 11) is 0. The van der Waals surface area contributed by atoms with Crippen molar-refractivity contribution < 1.29 is 13.2 Å². The van der Waals surface area contributed by atoms with E-state index in [4.69, 9.17) is 18.0 Å². The van der Waals surface area contributed by atoms with E-state index in [1.54, 1.807) is 0 Å². The normalized spacial score (nSPS) is 20.5. The molecule has 0 spiro atoms. The molecule has 0 aliphatic carbocycles. The fraction of sp³-hybridized carbons (Fsp3) is 0.900. The van der Waals surface area contributed by atoms with E-state index < -0.39 is 18.3 Å². The van der Waals surface area contributed by atoms with Gasteiger partial charge >= 0.3 is 6.18 Å². The summed E-state index contributed by atoms with van der Waals surface area (Å²) < 4.78 is 36.6. The highest BCUT2D eigenvalue weighted by molar-refractivity contribution is 7.80. The second kappa shape index (κ2) is 5.07. The van der Waals surface area contributed by atoms with Gasteiger partial charge < -0.3 is 5.73 Å². The number of nitrogens with zero attached hydrogens (tertiary/aromatic N) is 2. The molecule has 17 heavy (non-hydrogen) atoms. The molecule has 0 saturated carbocycles. The van der Waals surface area contributed by atoms with Crippen molar-refractivity contribution in [2.75, 3.05) is 32.7 Å². The Balaban J connectivity index is 2.49. The molecule has 1 aliphatic heterocycles. The number of hydrogen-bond acceptors (Lipinski definition) is 3. The second-order valence-corrected chi connectivity index (χ2v) is 5.24. The molecule has 1 fully saturated rings. The first-order valence-electron chi connectivity index (χ1n) is 5.47. The molecule has 0 aromatic rings. The Morgan fingerprint density at radius 3 is 2.00 bits per heavy atom. The standard InChI is InChI=1S/C10H18F3N3S/c1-9(2,8(14)17)16-5-3-15(4-6-16)7-10(11,12)13/h3-7H2,1-2H3,(H2,14,17). The van der Waals surface area contributed by atoms with E-state index in [-0.39, 0.29) is 0 Å². The first kappa shape index (κ1) is 14.7.